The predicted molar refractivity (Wildman–Crippen MR) is 47.8 cm³/mol. The maximum Gasteiger partial charge on any atom is 0.407 e. The first-order valence-electron chi connectivity index (χ1n) is 3.92. The van der Waals surface area contributed by atoms with Crippen LogP contribution in [0.4, 0.5) is 4.79 Å². The summed E-state index contributed by atoms with van der Waals surface area (Å²) in [4.78, 5) is 20.7. The van der Waals surface area contributed by atoms with Gasteiger partial charge in [-0.05, 0) is 0 Å². The summed E-state index contributed by atoms with van der Waals surface area (Å²) in [5, 5.41) is 10.9. The van der Waals surface area contributed by atoms with Gasteiger partial charge in [-0.15, -0.1) is 0 Å². The Morgan fingerprint density at radius 2 is 2.54 bits per heavy atom. The van der Waals surface area contributed by atoms with E-state index in [1.807, 2.05) is 0 Å². The van der Waals surface area contributed by atoms with E-state index in [1.165, 1.54) is 11.8 Å². The topological polar surface area (TPSA) is 75.6 Å². The molecule has 0 aliphatic carbocycles. The van der Waals surface area contributed by atoms with Gasteiger partial charge in [-0.1, -0.05) is 0 Å². The number of thioether (sulfide) groups is 1. The molecular weight excluding hydrogens is 194 g/mol. The third-order valence-electron chi connectivity index (χ3n) is 1.51. The summed E-state index contributed by atoms with van der Waals surface area (Å²) < 4.78 is 4.85. The first kappa shape index (κ1) is 10.2. The van der Waals surface area contributed by atoms with Crippen molar-refractivity contribution in [1.82, 2.24) is 5.32 Å². The van der Waals surface area contributed by atoms with Gasteiger partial charge in [0.2, 0.25) is 0 Å². The van der Waals surface area contributed by atoms with Crippen LogP contribution in [0.15, 0.2) is 0 Å². The summed E-state index contributed by atoms with van der Waals surface area (Å²) in [6, 6.07) is 0. The normalized spacial score (nSPS) is 20.9. The van der Waals surface area contributed by atoms with Gasteiger partial charge in [-0.25, -0.2) is 4.79 Å². The summed E-state index contributed by atoms with van der Waals surface area (Å²) in [5.41, 5.74) is 0. The van der Waals surface area contributed by atoms with E-state index in [2.05, 4.69) is 5.32 Å². The monoisotopic (exact) mass is 205 g/mol. The minimum absolute atomic E-state index is 0.105. The number of aliphatic carboxylic acids is 1. The molecule has 13 heavy (non-hydrogen) atoms. The molecule has 1 aliphatic rings. The summed E-state index contributed by atoms with van der Waals surface area (Å²) in [6.07, 6.45) is -0.339. The molecule has 1 aliphatic heterocycles. The van der Waals surface area contributed by atoms with E-state index in [4.69, 9.17) is 9.84 Å². The van der Waals surface area contributed by atoms with Crippen LogP contribution in [0.2, 0.25) is 0 Å². The van der Waals surface area contributed by atoms with Crippen LogP contribution in [0.1, 0.15) is 6.42 Å². The molecule has 0 bridgehead atoms. The molecular formula is C7H11NO4S. The van der Waals surface area contributed by atoms with E-state index < -0.39 is 5.97 Å². The molecule has 0 saturated carbocycles. The Balaban J connectivity index is 2.00. The molecule has 1 heterocycles. The average molecular weight is 205 g/mol. The number of carbonyl (C=O) groups excluding carboxylic acids is 1. The Morgan fingerprint density at radius 3 is 3.08 bits per heavy atom. The summed E-state index contributed by atoms with van der Waals surface area (Å²) in [6.45, 7) is 0.527. The highest BCUT2D eigenvalue weighted by molar-refractivity contribution is 7.99. The van der Waals surface area contributed by atoms with Crippen LogP contribution >= 0.6 is 11.8 Å². The number of carbonyl (C=O) groups is 2. The number of ether oxygens (including phenoxy) is 1. The van der Waals surface area contributed by atoms with E-state index in [-0.39, 0.29) is 18.6 Å². The molecule has 0 aromatic heterocycles. The number of carboxylic acids is 1. The predicted octanol–water partition coefficient (Wildman–Crippen LogP) is 0.303. The zero-order valence-corrected chi connectivity index (χ0v) is 7.80. The zero-order valence-electron chi connectivity index (χ0n) is 6.99. The van der Waals surface area contributed by atoms with E-state index in [0.29, 0.717) is 18.1 Å². The largest absolute Gasteiger partial charge is 0.481 e. The molecule has 5 nitrogen and oxygen atoms in total. The van der Waals surface area contributed by atoms with Gasteiger partial charge in [-0.2, -0.15) is 11.8 Å². The number of alkyl carbamates (subject to hydrolysis) is 1. The van der Waals surface area contributed by atoms with Crippen molar-refractivity contribution in [1.29, 1.82) is 0 Å². The Bertz CT molecular complexity index is 209. The highest BCUT2D eigenvalue weighted by atomic mass is 32.2. The van der Waals surface area contributed by atoms with E-state index in [0.717, 1.165) is 0 Å². The number of rotatable bonds is 5. The van der Waals surface area contributed by atoms with Gasteiger partial charge in [0.15, 0.2) is 0 Å². The molecule has 1 amide bonds. The molecule has 74 valence electrons. The third-order valence-corrected chi connectivity index (χ3v) is 2.61. The van der Waals surface area contributed by atoms with Gasteiger partial charge in [0.1, 0.15) is 6.10 Å². The number of nitrogens with one attached hydrogen (secondary N) is 1. The summed E-state index contributed by atoms with van der Waals surface area (Å²) in [5.74, 6) is 0.420. The van der Waals surface area contributed by atoms with Gasteiger partial charge >= 0.3 is 12.1 Å². The molecule has 1 fully saturated rings. The van der Waals surface area contributed by atoms with Crippen molar-refractivity contribution in [3.63, 3.8) is 0 Å². The molecule has 6 heteroatoms. The molecule has 0 radical (unpaired) electrons. The Hall–Kier alpha value is -0.910. The van der Waals surface area contributed by atoms with Crippen LogP contribution in [0.5, 0.6) is 0 Å². The molecule has 1 atom stereocenters. The first-order valence-corrected chi connectivity index (χ1v) is 5.08. The summed E-state index contributed by atoms with van der Waals surface area (Å²) in [7, 11) is 0. The maximum absolute atomic E-state index is 10.6. The molecule has 0 aromatic carbocycles. The van der Waals surface area contributed by atoms with Crippen molar-refractivity contribution in [3.8, 4) is 0 Å². The van der Waals surface area contributed by atoms with Crippen molar-refractivity contribution in [2.45, 2.75) is 12.5 Å². The quantitative estimate of drug-likeness (QED) is 0.631. The van der Waals surface area contributed by atoms with Crippen LogP contribution in [0.3, 0.4) is 0 Å². The van der Waals surface area contributed by atoms with Gasteiger partial charge in [0, 0.05) is 11.5 Å². The third kappa shape index (κ3) is 4.02. The smallest absolute Gasteiger partial charge is 0.407 e. The van der Waals surface area contributed by atoms with Gasteiger partial charge < -0.3 is 15.2 Å². The fourth-order valence-corrected chi connectivity index (χ4v) is 1.83. The van der Waals surface area contributed by atoms with Crippen molar-refractivity contribution in [3.05, 3.63) is 0 Å². The van der Waals surface area contributed by atoms with Gasteiger partial charge in [0.05, 0.1) is 13.0 Å². The minimum Gasteiger partial charge on any atom is -0.481 e. The Kier molecular flexibility index (Phi) is 3.88. The van der Waals surface area contributed by atoms with Crippen molar-refractivity contribution >= 4 is 23.8 Å². The number of carboxylic acid groups (broad SMARTS) is 1. The van der Waals surface area contributed by atoms with E-state index in [1.54, 1.807) is 0 Å². The van der Waals surface area contributed by atoms with Gasteiger partial charge in [0.25, 0.3) is 0 Å². The standard InChI is InChI=1S/C7H11NO4S/c9-6(10)1-2-13-4-5-3-8-7(11)12-5/h5H,1-4H2,(H,8,11)(H,9,10). The average Bonchev–Trinajstić information content (AvgIpc) is 2.45. The lowest BCUT2D eigenvalue weighted by molar-refractivity contribution is -0.136. The first-order chi connectivity index (χ1) is 6.18. The van der Waals surface area contributed by atoms with E-state index >= 15 is 0 Å². The zero-order chi connectivity index (χ0) is 9.68. The molecule has 1 unspecified atom stereocenters. The molecule has 0 spiro atoms. The number of hydrogen-bond donors (Lipinski definition) is 2. The van der Waals surface area contributed by atoms with Crippen molar-refractivity contribution in [2.24, 2.45) is 0 Å². The fourth-order valence-electron chi connectivity index (χ4n) is 0.899. The number of amides is 1. The molecule has 2 N–H and O–H groups in total. The lowest BCUT2D eigenvalue weighted by Gasteiger charge is -2.05. The van der Waals surface area contributed by atoms with Crippen LogP contribution < -0.4 is 5.32 Å². The SMILES string of the molecule is O=C(O)CCSCC1CNC(=O)O1. The van der Waals surface area contributed by atoms with E-state index in [9.17, 15) is 9.59 Å². The highest BCUT2D eigenvalue weighted by Gasteiger charge is 2.21. The van der Waals surface area contributed by atoms with Crippen molar-refractivity contribution in [2.75, 3.05) is 18.1 Å². The summed E-state index contributed by atoms with van der Waals surface area (Å²) >= 11 is 1.48. The minimum atomic E-state index is -0.797. The maximum atomic E-state index is 10.6. The second-order valence-corrected chi connectivity index (χ2v) is 3.78. The molecule has 0 aromatic rings. The lowest BCUT2D eigenvalue weighted by Crippen LogP contribution is -2.17. The Labute approximate surface area is 79.8 Å². The van der Waals surface area contributed by atoms with Crippen LogP contribution in [0.25, 0.3) is 0 Å². The van der Waals surface area contributed by atoms with Crippen LogP contribution in [-0.4, -0.2) is 41.3 Å². The van der Waals surface area contributed by atoms with Crippen molar-refractivity contribution < 1.29 is 19.4 Å². The second kappa shape index (κ2) is 4.96. The Morgan fingerprint density at radius 1 is 1.77 bits per heavy atom. The fraction of sp³-hybridized carbons (Fsp3) is 0.714. The molecule has 1 saturated heterocycles. The van der Waals surface area contributed by atoms with Gasteiger partial charge in [-0.3, -0.25) is 4.79 Å². The second-order valence-electron chi connectivity index (χ2n) is 2.63. The number of hydrogen-bond acceptors (Lipinski definition) is 4. The molecule has 1 rings (SSSR count). The lowest BCUT2D eigenvalue weighted by atomic mass is 10.4. The van der Waals surface area contributed by atoms with Crippen LogP contribution in [-0.2, 0) is 9.53 Å². The number of cyclic esters (lactones) is 1. The highest BCUT2D eigenvalue weighted by Crippen LogP contribution is 2.10. The van der Waals surface area contributed by atoms with Crippen LogP contribution in [0, 0.1) is 0 Å².